The first-order valence-corrected chi connectivity index (χ1v) is 8.62. The number of ether oxygens (including phenoxy) is 2. The molecule has 1 unspecified atom stereocenters. The summed E-state index contributed by atoms with van der Waals surface area (Å²) in [6.07, 6.45) is 0. The highest BCUT2D eigenvalue weighted by molar-refractivity contribution is 5.80. The highest BCUT2D eigenvalue weighted by Crippen LogP contribution is 2.29. The number of nitrogens with zero attached hydrogens (tertiary/aromatic N) is 1. The summed E-state index contributed by atoms with van der Waals surface area (Å²) in [5.74, 6) is 2.53. The Morgan fingerprint density at radius 1 is 1.12 bits per heavy atom. The van der Waals surface area contributed by atoms with Gasteiger partial charge in [0.2, 0.25) is 0 Å². The number of hydrogen-bond acceptors (Lipinski definition) is 4. The Kier molecular flexibility index (Phi) is 7.14. The smallest absolute Gasteiger partial charge is 0.192 e. The van der Waals surface area contributed by atoms with E-state index in [4.69, 9.17) is 9.47 Å². The van der Waals surface area contributed by atoms with E-state index in [-0.39, 0.29) is 11.8 Å². The molecule has 0 aliphatic heterocycles. The molecule has 0 amide bonds. The fourth-order valence-electron chi connectivity index (χ4n) is 2.55. The first-order chi connectivity index (χ1) is 12.6. The number of benzene rings is 2. The van der Waals surface area contributed by atoms with E-state index < -0.39 is 0 Å². The van der Waals surface area contributed by atoms with Crippen LogP contribution >= 0.6 is 0 Å². The molecule has 26 heavy (non-hydrogen) atoms. The molecule has 0 fully saturated rings. The van der Waals surface area contributed by atoms with Crippen LogP contribution in [0, 0.1) is 0 Å². The van der Waals surface area contributed by atoms with E-state index in [9.17, 15) is 5.11 Å². The van der Waals surface area contributed by atoms with Gasteiger partial charge in [-0.1, -0.05) is 12.1 Å². The third-order valence-corrected chi connectivity index (χ3v) is 3.96. The second kappa shape index (κ2) is 9.56. The topological polar surface area (TPSA) is 75.1 Å². The SMILES string of the molecule is CCNC(=NCc1ccc(O)cc1)NC(C)c1cc(OC)ccc1OC. The summed E-state index contributed by atoms with van der Waals surface area (Å²) in [6, 6.07) is 12.7. The molecule has 1 atom stereocenters. The summed E-state index contributed by atoms with van der Waals surface area (Å²) in [5.41, 5.74) is 2.01. The van der Waals surface area contributed by atoms with Crippen molar-refractivity contribution in [1.82, 2.24) is 10.6 Å². The lowest BCUT2D eigenvalue weighted by Gasteiger charge is -2.20. The lowest BCUT2D eigenvalue weighted by molar-refractivity contribution is 0.394. The minimum atomic E-state index is -0.0299. The van der Waals surface area contributed by atoms with Crippen LogP contribution in [0.5, 0.6) is 17.2 Å². The maximum Gasteiger partial charge on any atom is 0.192 e. The average Bonchev–Trinajstić information content (AvgIpc) is 2.66. The van der Waals surface area contributed by atoms with Crippen molar-refractivity contribution < 1.29 is 14.6 Å². The molecule has 0 bridgehead atoms. The fraction of sp³-hybridized carbons (Fsp3) is 0.350. The number of guanidine groups is 1. The summed E-state index contributed by atoms with van der Waals surface area (Å²) >= 11 is 0. The highest BCUT2D eigenvalue weighted by atomic mass is 16.5. The summed E-state index contributed by atoms with van der Waals surface area (Å²) < 4.78 is 10.8. The molecule has 0 saturated carbocycles. The van der Waals surface area contributed by atoms with Gasteiger partial charge in [0.25, 0.3) is 0 Å². The first-order valence-electron chi connectivity index (χ1n) is 8.62. The predicted molar refractivity (Wildman–Crippen MR) is 104 cm³/mol. The summed E-state index contributed by atoms with van der Waals surface area (Å²) in [7, 11) is 3.30. The van der Waals surface area contributed by atoms with Gasteiger partial charge >= 0.3 is 0 Å². The number of aromatic hydroxyl groups is 1. The molecule has 6 nitrogen and oxygen atoms in total. The van der Waals surface area contributed by atoms with E-state index in [2.05, 4.69) is 15.6 Å². The number of hydrogen-bond donors (Lipinski definition) is 3. The molecule has 6 heteroatoms. The van der Waals surface area contributed by atoms with E-state index in [1.54, 1.807) is 26.4 Å². The van der Waals surface area contributed by atoms with Gasteiger partial charge in [0.1, 0.15) is 17.2 Å². The third-order valence-electron chi connectivity index (χ3n) is 3.96. The molecular formula is C20H27N3O3. The van der Waals surface area contributed by atoms with Crippen molar-refractivity contribution in [2.24, 2.45) is 4.99 Å². The average molecular weight is 357 g/mol. The number of methoxy groups -OCH3 is 2. The van der Waals surface area contributed by atoms with Crippen molar-refractivity contribution in [2.45, 2.75) is 26.4 Å². The Bertz CT molecular complexity index is 730. The van der Waals surface area contributed by atoms with E-state index in [0.29, 0.717) is 12.5 Å². The molecule has 2 aromatic rings. The fourth-order valence-corrected chi connectivity index (χ4v) is 2.55. The summed E-state index contributed by atoms with van der Waals surface area (Å²) in [4.78, 5) is 4.62. The zero-order valence-corrected chi connectivity index (χ0v) is 15.7. The molecule has 0 aliphatic rings. The Balaban J connectivity index is 2.15. The van der Waals surface area contributed by atoms with Crippen molar-refractivity contribution >= 4 is 5.96 Å². The van der Waals surface area contributed by atoms with Crippen molar-refractivity contribution in [3.63, 3.8) is 0 Å². The van der Waals surface area contributed by atoms with Gasteiger partial charge in [-0.3, -0.25) is 0 Å². The number of rotatable bonds is 7. The minimum absolute atomic E-state index is 0.0299. The Morgan fingerprint density at radius 3 is 2.46 bits per heavy atom. The van der Waals surface area contributed by atoms with Crippen molar-refractivity contribution in [3.05, 3.63) is 53.6 Å². The van der Waals surface area contributed by atoms with Gasteiger partial charge in [0.05, 0.1) is 26.8 Å². The van der Waals surface area contributed by atoms with E-state index >= 15 is 0 Å². The van der Waals surface area contributed by atoms with Crippen LogP contribution in [0.1, 0.15) is 31.0 Å². The molecule has 2 rings (SSSR count). The van der Waals surface area contributed by atoms with Gasteiger partial charge in [-0.25, -0.2) is 4.99 Å². The maximum atomic E-state index is 9.37. The van der Waals surface area contributed by atoms with Gasteiger partial charge in [0.15, 0.2) is 5.96 Å². The Morgan fingerprint density at radius 2 is 1.85 bits per heavy atom. The van der Waals surface area contributed by atoms with E-state index in [1.165, 1.54) is 0 Å². The van der Waals surface area contributed by atoms with Gasteiger partial charge in [-0.05, 0) is 49.7 Å². The molecule has 0 heterocycles. The second-order valence-corrected chi connectivity index (χ2v) is 5.84. The number of nitrogens with one attached hydrogen (secondary N) is 2. The van der Waals surface area contributed by atoms with Crippen molar-refractivity contribution in [1.29, 1.82) is 0 Å². The van der Waals surface area contributed by atoms with Gasteiger partial charge in [-0.15, -0.1) is 0 Å². The van der Waals surface area contributed by atoms with Crippen LogP contribution in [-0.4, -0.2) is 31.8 Å². The van der Waals surface area contributed by atoms with Crippen LogP contribution in [0.3, 0.4) is 0 Å². The molecule has 140 valence electrons. The van der Waals surface area contributed by atoms with Crippen LogP contribution < -0.4 is 20.1 Å². The largest absolute Gasteiger partial charge is 0.508 e. The number of aliphatic imine (C=N–C) groups is 1. The maximum absolute atomic E-state index is 9.37. The van der Waals surface area contributed by atoms with Crippen molar-refractivity contribution in [3.8, 4) is 17.2 Å². The van der Waals surface area contributed by atoms with Gasteiger partial charge < -0.3 is 25.2 Å². The first kappa shape index (κ1) is 19.4. The molecule has 0 aliphatic carbocycles. The Hall–Kier alpha value is -2.89. The highest BCUT2D eigenvalue weighted by Gasteiger charge is 2.14. The predicted octanol–water partition coefficient (Wildman–Crippen LogP) is 3.23. The van der Waals surface area contributed by atoms with Crippen LogP contribution in [-0.2, 0) is 6.54 Å². The zero-order valence-electron chi connectivity index (χ0n) is 15.7. The van der Waals surface area contributed by atoms with Crippen molar-refractivity contribution in [2.75, 3.05) is 20.8 Å². The monoisotopic (exact) mass is 357 g/mol. The molecule has 0 aromatic heterocycles. The van der Waals surface area contributed by atoms with Gasteiger partial charge in [-0.2, -0.15) is 0 Å². The summed E-state index contributed by atoms with van der Waals surface area (Å²) in [5, 5.41) is 16.0. The van der Waals surface area contributed by atoms with Gasteiger partial charge in [0, 0.05) is 12.1 Å². The minimum Gasteiger partial charge on any atom is -0.508 e. The Labute approximate surface area is 154 Å². The molecule has 0 radical (unpaired) electrons. The quantitative estimate of drug-likeness (QED) is 0.524. The van der Waals surface area contributed by atoms with Crippen LogP contribution in [0.15, 0.2) is 47.5 Å². The molecule has 2 aromatic carbocycles. The lowest BCUT2D eigenvalue weighted by Crippen LogP contribution is -2.38. The normalized spacial score (nSPS) is 12.4. The van der Waals surface area contributed by atoms with E-state index in [0.717, 1.165) is 29.2 Å². The number of phenols is 1. The van der Waals surface area contributed by atoms with Crippen LogP contribution in [0.4, 0.5) is 0 Å². The number of phenolic OH excluding ortho intramolecular Hbond substituents is 1. The summed E-state index contributed by atoms with van der Waals surface area (Å²) in [6.45, 7) is 5.33. The zero-order chi connectivity index (χ0) is 18.9. The van der Waals surface area contributed by atoms with Crippen LogP contribution in [0.25, 0.3) is 0 Å². The van der Waals surface area contributed by atoms with E-state index in [1.807, 2.05) is 44.2 Å². The molecule has 0 saturated heterocycles. The molecular weight excluding hydrogens is 330 g/mol. The molecule has 0 spiro atoms. The lowest BCUT2D eigenvalue weighted by atomic mass is 10.1. The standard InChI is InChI=1S/C20H27N3O3/c1-5-21-20(22-13-15-6-8-16(24)9-7-15)23-14(2)18-12-17(25-3)10-11-19(18)26-4/h6-12,14,24H,5,13H2,1-4H3,(H2,21,22,23). The molecule has 3 N–H and O–H groups in total. The third kappa shape index (κ3) is 5.31. The van der Waals surface area contributed by atoms with Crippen LogP contribution in [0.2, 0.25) is 0 Å². The second-order valence-electron chi connectivity index (χ2n) is 5.84.